The van der Waals surface area contributed by atoms with Gasteiger partial charge in [-0.1, -0.05) is 11.6 Å². The molecule has 2 aromatic carbocycles. The maximum absolute atomic E-state index is 13.4. The monoisotopic (exact) mass is 361 g/mol. The third kappa shape index (κ3) is 4.59. The second-order valence-corrected chi connectivity index (χ2v) is 5.23. The largest absolute Gasteiger partial charge is 0.416 e. The zero-order chi connectivity index (χ0) is 17.9. The van der Waals surface area contributed by atoms with Gasteiger partial charge in [0.25, 0.3) is 0 Å². The number of nitrogens with two attached hydrogens (primary N) is 1. The second kappa shape index (κ2) is 7.06. The number of carbonyl (C=O) groups excluding carboxylic acids is 1. The molecular weight excluding hydrogens is 350 g/mol. The summed E-state index contributed by atoms with van der Waals surface area (Å²) in [5, 5.41) is 4.37. The van der Waals surface area contributed by atoms with Crippen LogP contribution in [-0.4, -0.2) is 6.03 Å². The number of alkyl halides is 3. The van der Waals surface area contributed by atoms with Gasteiger partial charge in [0.1, 0.15) is 5.82 Å². The molecule has 9 heteroatoms. The second-order valence-electron chi connectivity index (χ2n) is 4.82. The van der Waals surface area contributed by atoms with Crippen LogP contribution in [0.25, 0.3) is 0 Å². The molecule has 0 fully saturated rings. The summed E-state index contributed by atoms with van der Waals surface area (Å²) in [5.41, 5.74) is 5.08. The smallest absolute Gasteiger partial charge is 0.326 e. The Morgan fingerprint density at radius 3 is 2.42 bits per heavy atom. The van der Waals surface area contributed by atoms with E-state index in [4.69, 9.17) is 17.3 Å². The first kappa shape index (κ1) is 18.0. The van der Waals surface area contributed by atoms with Crippen molar-refractivity contribution in [3.05, 3.63) is 58.4 Å². The molecule has 128 valence electrons. The number of rotatable bonds is 3. The topological polar surface area (TPSA) is 67.1 Å². The molecule has 24 heavy (non-hydrogen) atoms. The number of urea groups is 1. The van der Waals surface area contributed by atoms with Crippen molar-refractivity contribution in [2.45, 2.75) is 12.7 Å². The Morgan fingerprint density at radius 1 is 1.12 bits per heavy atom. The molecule has 0 radical (unpaired) electrons. The van der Waals surface area contributed by atoms with Gasteiger partial charge < -0.3 is 16.4 Å². The Balaban J connectivity index is 2.11. The highest BCUT2D eigenvalue weighted by atomic mass is 35.5. The number of amides is 2. The third-order valence-corrected chi connectivity index (χ3v) is 3.31. The van der Waals surface area contributed by atoms with E-state index in [1.807, 2.05) is 0 Å². The van der Waals surface area contributed by atoms with Crippen molar-refractivity contribution in [2.75, 3.05) is 10.6 Å². The van der Waals surface area contributed by atoms with Gasteiger partial charge in [-0.15, -0.1) is 0 Å². The number of benzene rings is 2. The van der Waals surface area contributed by atoms with Crippen molar-refractivity contribution in [3.8, 4) is 0 Å². The highest BCUT2D eigenvalue weighted by Gasteiger charge is 2.31. The molecule has 0 saturated heterocycles. The molecule has 0 saturated carbocycles. The highest BCUT2D eigenvalue weighted by Crippen LogP contribution is 2.33. The first-order valence-corrected chi connectivity index (χ1v) is 7.01. The lowest BCUT2D eigenvalue weighted by Crippen LogP contribution is -2.20. The van der Waals surface area contributed by atoms with Crippen LogP contribution >= 0.6 is 11.6 Å². The average Bonchev–Trinajstić information content (AvgIpc) is 2.47. The van der Waals surface area contributed by atoms with Crippen molar-refractivity contribution in [1.82, 2.24) is 0 Å². The predicted molar refractivity (Wildman–Crippen MR) is 83.4 cm³/mol. The normalized spacial score (nSPS) is 11.2. The Bertz CT molecular complexity index is 765. The molecule has 0 spiro atoms. The number of hydrogen-bond donors (Lipinski definition) is 3. The Labute approximate surface area is 139 Å². The van der Waals surface area contributed by atoms with Gasteiger partial charge in [-0.3, -0.25) is 0 Å². The van der Waals surface area contributed by atoms with Crippen molar-refractivity contribution in [2.24, 2.45) is 5.73 Å². The van der Waals surface area contributed by atoms with Crippen LogP contribution in [0, 0.1) is 5.82 Å². The number of nitrogens with one attached hydrogen (secondary N) is 2. The Kier molecular flexibility index (Phi) is 5.30. The quantitative estimate of drug-likeness (QED) is 0.699. The van der Waals surface area contributed by atoms with Gasteiger partial charge in [0, 0.05) is 12.2 Å². The minimum absolute atomic E-state index is 0.0161. The Morgan fingerprint density at radius 2 is 1.83 bits per heavy atom. The van der Waals surface area contributed by atoms with E-state index >= 15 is 0 Å². The van der Waals surface area contributed by atoms with Crippen LogP contribution in [0.1, 0.15) is 11.1 Å². The highest BCUT2D eigenvalue weighted by molar-refractivity contribution is 6.33. The van der Waals surface area contributed by atoms with E-state index in [1.165, 1.54) is 12.1 Å². The van der Waals surface area contributed by atoms with E-state index < -0.39 is 23.6 Å². The van der Waals surface area contributed by atoms with Gasteiger partial charge >= 0.3 is 12.2 Å². The van der Waals surface area contributed by atoms with Crippen LogP contribution in [-0.2, 0) is 12.7 Å². The van der Waals surface area contributed by atoms with Crippen molar-refractivity contribution in [1.29, 1.82) is 0 Å². The molecule has 0 aliphatic heterocycles. The van der Waals surface area contributed by atoms with Crippen molar-refractivity contribution in [3.63, 3.8) is 0 Å². The van der Waals surface area contributed by atoms with Gasteiger partial charge in [-0.25, -0.2) is 9.18 Å². The Hall–Kier alpha value is -2.32. The van der Waals surface area contributed by atoms with Crippen molar-refractivity contribution < 1.29 is 22.4 Å². The maximum Gasteiger partial charge on any atom is 0.416 e. The third-order valence-electron chi connectivity index (χ3n) is 3.00. The van der Waals surface area contributed by atoms with Crippen LogP contribution in [0.15, 0.2) is 36.4 Å². The van der Waals surface area contributed by atoms with Crippen LogP contribution in [0.3, 0.4) is 0 Å². The van der Waals surface area contributed by atoms with E-state index in [0.29, 0.717) is 11.6 Å². The summed E-state index contributed by atoms with van der Waals surface area (Å²) in [6, 6.07) is 5.49. The molecule has 2 aromatic rings. The maximum atomic E-state index is 13.4. The predicted octanol–water partition coefficient (Wildman–Crippen LogP) is 4.60. The molecular formula is C15H12ClF4N3O. The van der Waals surface area contributed by atoms with Crippen LogP contribution in [0.5, 0.6) is 0 Å². The van der Waals surface area contributed by atoms with Gasteiger partial charge in [-0.2, -0.15) is 13.2 Å². The van der Waals surface area contributed by atoms with Gasteiger partial charge in [0.2, 0.25) is 0 Å². The summed E-state index contributed by atoms with van der Waals surface area (Å²) in [5.74, 6) is -0.583. The fraction of sp³-hybridized carbons (Fsp3) is 0.133. The molecule has 0 atom stereocenters. The molecule has 0 bridgehead atoms. The average molecular weight is 362 g/mol. The molecule has 0 aromatic heterocycles. The fourth-order valence-corrected chi connectivity index (χ4v) is 2.15. The minimum atomic E-state index is -4.54. The molecule has 0 aliphatic carbocycles. The van der Waals surface area contributed by atoms with Gasteiger partial charge in [-0.05, 0) is 42.0 Å². The summed E-state index contributed by atoms with van der Waals surface area (Å²) >= 11 is 5.74. The molecule has 4 nitrogen and oxygen atoms in total. The fourth-order valence-electron chi connectivity index (χ4n) is 1.92. The SMILES string of the molecule is NCc1cc(F)cc(NC(=O)Nc2ccc(C(F)(F)F)cc2Cl)c1. The summed E-state index contributed by atoms with van der Waals surface area (Å²) < 4.78 is 51.0. The summed E-state index contributed by atoms with van der Waals surface area (Å²) in [4.78, 5) is 11.9. The van der Waals surface area contributed by atoms with Gasteiger partial charge in [0.05, 0.1) is 16.3 Å². The van der Waals surface area contributed by atoms with Crippen LogP contribution in [0.4, 0.5) is 33.7 Å². The molecule has 2 rings (SSSR count). The standard InChI is InChI=1S/C15H12ClF4N3O/c16-12-5-9(15(18,19)20)1-2-13(12)23-14(24)22-11-4-8(7-21)3-10(17)6-11/h1-6H,7,21H2,(H2,22,23,24). The number of carbonyl (C=O) groups is 1. The van der Waals surface area contributed by atoms with Crippen LogP contribution in [0.2, 0.25) is 5.02 Å². The van der Waals surface area contributed by atoms with E-state index in [-0.39, 0.29) is 22.9 Å². The van der Waals surface area contributed by atoms with Crippen LogP contribution < -0.4 is 16.4 Å². The number of hydrogen-bond acceptors (Lipinski definition) is 2. The number of halogens is 5. The van der Waals surface area contributed by atoms with Gasteiger partial charge in [0.15, 0.2) is 0 Å². The number of anilines is 2. The van der Waals surface area contributed by atoms with E-state index in [1.54, 1.807) is 0 Å². The molecule has 2 amide bonds. The lowest BCUT2D eigenvalue weighted by Gasteiger charge is -2.12. The van der Waals surface area contributed by atoms with Crippen molar-refractivity contribution >= 4 is 29.0 Å². The zero-order valence-corrected chi connectivity index (χ0v) is 12.8. The lowest BCUT2D eigenvalue weighted by atomic mass is 10.2. The van der Waals surface area contributed by atoms with E-state index in [0.717, 1.165) is 18.2 Å². The minimum Gasteiger partial charge on any atom is -0.326 e. The molecule has 0 unspecified atom stereocenters. The first-order valence-electron chi connectivity index (χ1n) is 6.63. The molecule has 0 heterocycles. The zero-order valence-electron chi connectivity index (χ0n) is 12.0. The lowest BCUT2D eigenvalue weighted by molar-refractivity contribution is -0.137. The molecule has 0 aliphatic rings. The van der Waals surface area contributed by atoms with E-state index in [2.05, 4.69) is 10.6 Å². The summed E-state index contributed by atoms with van der Waals surface area (Å²) in [6.07, 6.45) is -4.54. The van der Waals surface area contributed by atoms with E-state index in [9.17, 15) is 22.4 Å². The first-order chi connectivity index (χ1) is 11.2. The summed E-state index contributed by atoms with van der Waals surface area (Å²) in [7, 11) is 0. The summed E-state index contributed by atoms with van der Waals surface area (Å²) in [6.45, 7) is 0.0821. The molecule has 4 N–H and O–H groups in total.